The van der Waals surface area contributed by atoms with Crippen LogP contribution in [0.1, 0.15) is 12.7 Å². The standard InChI is InChI=1S/C8H8Br2O/c1-6(5-9)4-8-7(10)2-3-11-8/h2-4H,5H2,1H3/b6-4-. The Labute approximate surface area is 82.7 Å². The minimum Gasteiger partial charge on any atom is -0.464 e. The van der Waals surface area contributed by atoms with Gasteiger partial charge in [-0.15, -0.1) is 0 Å². The first-order chi connectivity index (χ1) is 5.24. The first kappa shape index (κ1) is 9.07. The number of alkyl halides is 1. The topological polar surface area (TPSA) is 13.1 Å². The van der Waals surface area contributed by atoms with Crippen LogP contribution < -0.4 is 0 Å². The van der Waals surface area contributed by atoms with Crippen LogP contribution in [0, 0.1) is 0 Å². The highest BCUT2D eigenvalue weighted by Gasteiger charge is 1.98. The number of hydrogen-bond donors (Lipinski definition) is 0. The predicted molar refractivity (Wildman–Crippen MR) is 53.9 cm³/mol. The van der Waals surface area contributed by atoms with E-state index in [1.165, 1.54) is 5.57 Å². The molecule has 0 spiro atoms. The fourth-order valence-electron chi connectivity index (χ4n) is 0.671. The molecule has 1 nitrogen and oxygen atoms in total. The Morgan fingerprint density at radius 3 is 2.91 bits per heavy atom. The molecule has 0 bridgehead atoms. The molecular weight excluding hydrogens is 272 g/mol. The second-order valence-corrected chi connectivity index (χ2v) is 3.67. The van der Waals surface area contributed by atoms with Crippen molar-refractivity contribution in [3.8, 4) is 0 Å². The van der Waals surface area contributed by atoms with Gasteiger partial charge in [-0.05, 0) is 35.0 Å². The molecule has 1 heterocycles. The fraction of sp³-hybridized carbons (Fsp3) is 0.250. The molecule has 3 heteroatoms. The van der Waals surface area contributed by atoms with Crippen LogP contribution in [0.3, 0.4) is 0 Å². The Morgan fingerprint density at radius 2 is 2.45 bits per heavy atom. The first-order valence-electron chi connectivity index (χ1n) is 3.20. The smallest absolute Gasteiger partial charge is 0.140 e. The molecule has 11 heavy (non-hydrogen) atoms. The van der Waals surface area contributed by atoms with Crippen LogP contribution in [-0.2, 0) is 0 Å². The van der Waals surface area contributed by atoms with Crippen LogP contribution in [0.4, 0.5) is 0 Å². The maximum absolute atomic E-state index is 5.19. The van der Waals surface area contributed by atoms with Gasteiger partial charge < -0.3 is 4.42 Å². The summed E-state index contributed by atoms with van der Waals surface area (Å²) in [5, 5.41) is 0.875. The molecule has 0 radical (unpaired) electrons. The van der Waals surface area contributed by atoms with Gasteiger partial charge in [0.05, 0.1) is 10.7 Å². The van der Waals surface area contributed by atoms with Crippen molar-refractivity contribution in [1.82, 2.24) is 0 Å². The van der Waals surface area contributed by atoms with Crippen molar-refractivity contribution in [2.75, 3.05) is 5.33 Å². The molecule has 0 saturated heterocycles. The molecule has 0 aliphatic carbocycles. The molecule has 0 saturated carbocycles. The normalized spacial score (nSPS) is 12.1. The van der Waals surface area contributed by atoms with Gasteiger partial charge in [-0.1, -0.05) is 21.5 Å². The molecular formula is C8H8Br2O. The third-order valence-electron chi connectivity index (χ3n) is 1.23. The van der Waals surface area contributed by atoms with Crippen LogP contribution >= 0.6 is 31.9 Å². The van der Waals surface area contributed by atoms with Gasteiger partial charge in [0.2, 0.25) is 0 Å². The van der Waals surface area contributed by atoms with E-state index in [1.54, 1.807) is 6.26 Å². The molecule has 60 valence electrons. The molecule has 0 N–H and O–H groups in total. The highest BCUT2D eigenvalue weighted by Crippen LogP contribution is 2.20. The van der Waals surface area contributed by atoms with Gasteiger partial charge in [-0.3, -0.25) is 0 Å². The lowest BCUT2D eigenvalue weighted by Crippen LogP contribution is -1.75. The van der Waals surface area contributed by atoms with E-state index in [2.05, 4.69) is 31.9 Å². The number of rotatable bonds is 2. The van der Waals surface area contributed by atoms with E-state index < -0.39 is 0 Å². The largest absolute Gasteiger partial charge is 0.464 e. The minimum absolute atomic E-state index is 0.875. The zero-order chi connectivity index (χ0) is 8.27. The summed E-state index contributed by atoms with van der Waals surface area (Å²) in [5.74, 6) is 0.877. The Kier molecular flexibility index (Phi) is 3.40. The van der Waals surface area contributed by atoms with Crippen molar-refractivity contribution >= 4 is 37.9 Å². The lowest BCUT2D eigenvalue weighted by molar-refractivity contribution is 0.555. The van der Waals surface area contributed by atoms with Gasteiger partial charge in [-0.25, -0.2) is 0 Å². The number of hydrogen-bond acceptors (Lipinski definition) is 1. The van der Waals surface area contributed by atoms with Gasteiger partial charge in [-0.2, -0.15) is 0 Å². The SMILES string of the molecule is C/C(=C/c1occc1Br)CBr. The van der Waals surface area contributed by atoms with Gasteiger partial charge >= 0.3 is 0 Å². The van der Waals surface area contributed by atoms with Crippen LogP contribution in [0.25, 0.3) is 6.08 Å². The van der Waals surface area contributed by atoms with E-state index in [-0.39, 0.29) is 0 Å². The summed E-state index contributed by atoms with van der Waals surface area (Å²) in [6.07, 6.45) is 3.66. The second kappa shape index (κ2) is 4.12. The van der Waals surface area contributed by atoms with E-state index in [4.69, 9.17) is 4.42 Å². The summed E-state index contributed by atoms with van der Waals surface area (Å²) in [6, 6.07) is 1.88. The molecule has 0 aliphatic heterocycles. The molecule has 1 aromatic rings. The average molecular weight is 280 g/mol. The molecule has 0 unspecified atom stereocenters. The van der Waals surface area contributed by atoms with E-state index in [1.807, 2.05) is 19.1 Å². The monoisotopic (exact) mass is 278 g/mol. The highest BCUT2D eigenvalue weighted by atomic mass is 79.9. The Hall–Kier alpha value is -0.0200. The fourth-order valence-corrected chi connectivity index (χ4v) is 1.15. The number of allylic oxidation sites excluding steroid dienone is 1. The average Bonchev–Trinajstić information content (AvgIpc) is 2.37. The molecule has 0 amide bonds. The Bertz CT molecular complexity index is 263. The highest BCUT2D eigenvalue weighted by molar-refractivity contribution is 9.10. The van der Waals surface area contributed by atoms with Gasteiger partial charge in [0.1, 0.15) is 5.76 Å². The lowest BCUT2D eigenvalue weighted by atomic mass is 10.3. The van der Waals surface area contributed by atoms with Crippen LogP contribution in [-0.4, -0.2) is 5.33 Å². The van der Waals surface area contributed by atoms with Crippen molar-refractivity contribution in [3.63, 3.8) is 0 Å². The van der Waals surface area contributed by atoms with Crippen LogP contribution in [0.15, 0.2) is 26.8 Å². The maximum Gasteiger partial charge on any atom is 0.140 e. The van der Waals surface area contributed by atoms with Crippen molar-refractivity contribution in [1.29, 1.82) is 0 Å². The second-order valence-electron chi connectivity index (χ2n) is 2.26. The van der Waals surface area contributed by atoms with Gasteiger partial charge in [0.15, 0.2) is 0 Å². The summed E-state index contributed by atoms with van der Waals surface area (Å²) in [7, 11) is 0. The third-order valence-corrected chi connectivity index (χ3v) is 2.77. The Morgan fingerprint density at radius 1 is 1.73 bits per heavy atom. The van der Waals surface area contributed by atoms with E-state index in [0.29, 0.717) is 0 Å². The molecule has 0 atom stereocenters. The van der Waals surface area contributed by atoms with Gasteiger partial charge in [0, 0.05) is 5.33 Å². The molecule has 0 aromatic carbocycles. The van der Waals surface area contributed by atoms with E-state index in [9.17, 15) is 0 Å². The van der Waals surface area contributed by atoms with Crippen molar-refractivity contribution in [2.45, 2.75) is 6.92 Å². The summed E-state index contributed by atoms with van der Waals surface area (Å²) in [4.78, 5) is 0. The molecule has 0 aliphatic rings. The van der Waals surface area contributed by atoms with Crippen LogP contribution in [0.5, 0.6) is 0 Å². The molecule has 1 aromatic heterocycles. The predicted octanol–water partition coefficient (Wildman–Crippen LogP) is 3.84. The van der Waals surface area contributed by atoms with Crippen molar-refractivity contribution in [3.05, 3.63) is 28.1 Å². The summed E-state index contributed by atoms with van der Waals surface area (Å²) in [5.41, 5.74) is 1.24. The van der Waals surface area contributed by atoms with Crippen molar-refractivity contribution in [2.24, 2.45) is 0 Å². The Balaban J connectivity index is 2.86. The third kappa shape index (κ3) is 2.49. The summed E-state index contributed by atoms with van der Waals surface area (Å²) >= 11 is 6.73. The van der Waals surface area contributed by atoms with E-state index in [0.717, 1.165) is 15.6 Å². The zero-order valence-corrected chi connectivity index (χ0v) is 9.28. The quantitative estimate of drug-likeness (QED) is 0.750. The first-order valence-corrected chi connectivity index (χ1v) is 5.11. The van der Waals surface area contributed by atoms with E-state index >= 15 is 0 Å². The summed E-state index contributed by atoms with van der Waals surface area (Å²) < 4.78 is 6.19. The van der Waals surface area contributed by atoms with Crippen molar-refractivity contribution < 1.29 is 4.42 Å². The summed E-state index contributed by atoms with van der Waals surface area (Å²) in [6.45, 7) is 2.05. The van der Waals surface area contributed by atoms with Gasteiger partial charge in [0.25, 0.3) is 0 Å². The molecule has 1 rings (SSSR count). The molecule has 0 fully saturated rings. The zero-order valence-electron chi connectivity index (χ0n) is 6.10. The minimum atomic E-state index is 0.875. The number of halogens is 2. The lowest BCUT2D eigenvalue weighted by Gasteiger charge is -1.91. The maximum atomic E-state index is 5.19. The van der Waals surface area contributed by atoms with Crippen LogP contribution in [0.2, 0.25) is 0 Å². The number of furan rings is 1.